The summed E-state index contributed by atoms with van der Waals surface area (Å²) < 4.78 is 33.0. The molecular weight excluding hydrogens is 284 g/mol. The monoisotopic (exact) mass is 295 g/mol. The van der Waals surface area contributed by atoms with Crippen molar-refractivity contribution in [2.45, 2.75) is 13.5 Å². The summed E-state index contributed by atoms with van der Waals surface area (Å²) in [6.07, 6.45) is 4.04. The Morgan fingerprint density at radius 3 is 2.67 bits per heavy atom. The number of nitrogens with zero attached hydrogens (tertiary/aromatic N) is 3. The smallest absolute Gasteiger partial charge is 0.388 e. The molecule has 0 saturated carbocycles. The minimum Gasteiger partial charge on any atom is -0.464 e. The molecule has 0 aliphatic carbocycles. The van der Waals surface area contributed by atoms with Crippen molar-refractivity contribution in [2.24, 2.45) is 0 Å². The Hall–Kier alpha value is -2.64. The van der Waals surface area contributed by atoms with Crippen LogP contribution in [0.3, 0.4) is 0 Å². The van der Waals surface area contributed by atoms with Gasteiger partial charge in [-0.1, -0.05) is 0 Å². The first kappa shape index (κ1) is 14.8. The number of pyridine rings is 1. The van der Waals surface area contributed by atoms with Crippen molar-refractivity contribution in [3.8, 4) is 17.1 Å². The van der Waals surface area contributed by atoms with E-state index in [-0.39, 0.29) is 11.6 Å². The summed E-state index contributed by atoms with van der Waals surface area (Å²) in [7, 11) is 1.24. The van der Waals surface area contributed by atoms with Crippen LogP contribution in [0, 0.1) is 6.92 Å². The van der Waals surface area contributed by atoms with Crippen LogP contribution in [0.25, 0.3) is 11.3 Å². The number of carbonyl (C=O) groups excluding carboxylic acids is 1. The standard InChI is InChI=1S/C13H11F2N3O3/c1-7-3-11(21-13(14)15)17-4-8(7)9-5-16-6-10(18-9)12(19)20-2/h3-6,13H,1-2H3. The largest absolute Gasteiger partial charge is 0.464 e. The molecule has 0 saturated heterocycles. The third kappa shape index (κ3) is 3.47. The zero-order chi connectivity index (χ0) is 15.4. The SMILES string of the molecule is COC(=O)c1cncc(-c2cnc(OC(F)F)cc2C)n1. The van der Waals surface area contributed by atoms with E-state index in [0.29, 0.717) is 16.8 Å². The summed E-state index contributed by atoms with van der Waals surface area (Å²) in [5.74, 6) is -0.809. The lowest BCUT2D eigenvalue weighted by atomic mass is 10.1. The molecule has 8 heteroatoms. The minimum absolute atomic E-state index is 0.0438. The summed E-state index contributed by atoms with van der Waals surface area (Å²) in [6.45, 7) is -1.26. The molecule has 110 valence electrons. The number of halogens is 2. The van der Waals surface area contributed by atoms with Crippen molar-refractivity contribution in [1.82, 2.24) is 15.0 Å². The molecule has 0 spiro atoms. The number of ether oxygens (including phenoxy) is 2. The molecule has 2 heterocycles. The fourth-order valence-corrected chi connectivity index (χ4v) is 1.65. The highest BCUT2D eigenvalue weighted by molar-refractivity contribution is 5.87. The van der Waals surface area contributed by atoms with Gasteiger partial charge in [-0.15, -0.1) is 0 Å². The number of aromatic nitrogens is 3. The maximum Gasteiger partial charge on any atom is 0.388 e. The maximum absolute atomic E-state index is 12.1. The van der Waals surface area contributed by atoms with E-state index in [9.17, 15) is 13.6 Å². The molecule has 0 radical (unpaired) electrons. The van der Waals surface area contributed by atoms with Gasteiger partial charge in [0.15, 0.2) is 5.69 Å². The molecule has 0 atom stereocenters. The van der Waals surface area contributed by atoms with E-state index in [1.165, 1.54) is 31.8 Å². The predicted molar refractivity (Wildman–Crippen MR) is 68.0 cm³/mol. The van der Waals surface area contributed by atoms with Crippen LogP contribution in [0.4, 0.5) is 8.78 Å². The lowest BCUT2D eigenvalue weighted by molar-refractivity contribution is -0.0528. The van der Waals surface area contributed by atoms with Gasteiger partial charge in [-0.05, 0) is 12.5 Å². The molecule has 0 aliphatic rings. The van der Waals surface area contributed by atoms with E-state index in [4.69, 9.17) is 0 Å². The van der Waals surface area contributed by atoms with Gasteiger partial charge in [-0.25, -0.2) is 14.8 Å². The summed E-state index contributed by atoms with van der Waals surface area (Å²) in [6, 6.07) is 1.36. The van der Waals surface area contributed by atoms with Crippen molar-refractivity contribution in [3.05, 3.63) is 35.9 Å². The number of aryl methyl sites for hydroxylation is 1. The van der Waals surface area contributed by atoms with E-state index in [0.717, 1.165) is 0 Å². The number of methoxy groups -OCH3 is 1. The molecule has 0 bridgehead atoms. The average molecular weight is 295 g/mol. The molecule has 21 heavy (non-hydrogen) atoms. The minimum atomic E-state index is -2.94. The number of alkyl halides is 2. The van der Waals surface area contributed by atoms with Gasteiger partial charge in [-0.3, -0.25) is 4.98 Å². The molecule has 0 aliphatic heterocycles. The number of hydrogen-bond donors (Lipinski definition) is 0. The first-order chi connectivity index (χ1) is 10.0. The van der Waals surface area contributed by atoms with E-state index in [1.807, 2.05) is 0 Å². The molecule has 6 nitrogen and oxygen atoms in total. The molecule has 2 aromatic heterocycles. The number of carbonyl (C=O) groups is 1. The molecule has 2 aromatic rings. The molecule has 2 rings (SSSR count). The third-order valence-electron chi connectivity index (χ3n) is 2.60. The van der Waals surface area contributed by atoms with Crippen LogP contribution in [0.5, 0.6) is 5.88 Å². The lowest BCUT2D eigenvalue weighted by Crippen LogP contribution is -2.06. The maximum atomic E-state index is 12.1. The second kappa shape index (κ2) is 6.21. The molecule has 0 aromatic carbocycles. The van der Waals surface area contributed by atoms with E-state index >= 15 is 0 Å². The van der Waals surface area contributed by atoms with Crippen molar-refractivity contribution in [2.75, 3.05) is 7.11 Å². The highest BCUT2D eigenvalue weighted by Crippen LogP contribution is 2.23. The lowest BCUT2D eigenvalue weighted by Gasteiger charge is -2.08. The van der Waals surface area contributed by atoms with E-state index in [1.54, 1.807) is 6.92 Å². The highest BCUT2D eigenvalue weighted by atomic mass is 19.3. The van der Waals surface area contributed by atoms with E-state index in [2.05, 4.69) is 24.4 Å². The summed E-state index contributed by atoms with van der Waals surface area (Å²) in [5, 5.41) is 0. The highest BCUT2D eigenvalue weighted by Gasteiger charge is 2.13. The van der Waals surface area contributed by atoms with Gasteiger partial charge in [0.2, 0.25) is 5.88 Å². The molecule has 0 N–H and O–H groups in total. The topological polar surface area (TPSA) is 74.2 Å². The Bertz CT molecular complexity index is 665. The normalized spacial score (nSPS) is 10.5. The van der Waals surface area contributed by atoms with Crippen LogP contribution in [-0.2, 0) is 4.74 Å². The van der Waals surface area contributed by atoms with Crippen LogP contribution in [0.2, 0.25) is 0 Å². The van der Waals surface area contributed by atoms with Crippen LogP contribution in [0.15, 0.2) is 24.7 Å². The first-order valence-electron chi connectivity index (χ1n) is 5.83. The third-order valence-corrected chi connectivity index (χ3v) is 2.60. The zero-order valence-corrected chi connectivity index (χ0v) is 11.2. The van der Waals surface area contributed by atoms with Crippen molar-refractivity contribution < 1.29 is 23.0 Å². The van der Waals surface area contributed by atoms with Crippen molar-refractivity contribution in [1.29, 1.82) is 0 Å². The van der Waals surface area contributed by atoms with Crippen LogP contribution in [0.1, 0.15) is 16.1 Å². The Balaban J connectivity index is 2.36. The quantitative estimate of drug-likeness (QED) is 0.805. The number of esters is 1. The van der Waals surface area contributed by atoms with Gasteiger partial charge in [-0.2, -0.15) is 8.78 Å². The predicted octanol–water partition coefficient (Wildman–Crippen LogP) is 2.24. The van der Waals surface area contributed by atoms with Crippen LogP contribution in [-0.4, -0.2) is 34.6 Å². The van der Waals surface area contributed by atoms with Crippen LogP contribution < -0.4 is 4.74 Å². The van der Waals surface area contributed by atoms with Crippen molar-refractivity contribution >= 4 is 5.97 Å². The van der Waals surface area contributed by atoms with Gasteiger partial charge < -0.3 is 9.47 Å². The van der Waals surface area contributed by atoms with E-state index < -0.39 is 12.6 Å². The van der Waals surface area contributed by atoms with Gasteiger partial charge in [0.25, 0.3) is 0 Å². The Kier molecular flexibility index (Phi) is 4.36. The van der Waals surface area contributed by atoms with Crippen molar-refractivity contribution in [3.63, 3.8) is 0 Å². The number of hydrogen-bond acceptors (Lipinski definition) is 6. The average Bonchev–Trinajstić information content (AvgIpc) is 2.46. The summed E-state index contributed by atoms with van der Waals surface area (Å²) in [5.41, 5.74) is 1.58. The molecule has 0 amide bonds. The number of rotatable bonds is 4. The van der Waals surface area contributed by atoms with Gasteiger partial charge in [0.05, 0.1) is 25.2 Å². The second-order valence-corrected chi connectivity index (χ2v) is 4.00. The van der Waals surface area contributed by atoms with Gasteiger partial charge in [0.1, 0.15) is 0 Å². The molecule has 0 unspecified atom stereocenters. The Morgan fingerprint density at radius 2 is 2.05 bits per heavy atom. The fourth-order valence-electron chi connectivity index (χ4n) is 1.65. The second-order valence-electron chi connectivity index (χ2n) is 4.00. The van der Waals surface area contributed by atoms with Gasteiger partial charge in [0, 0.05) is 17.8 Å². The summed E-state index contributed by atoms with van der Waals surface area (Å²) in [4.78, 5) is 23.2. The molecular formula is C13H11F2N3O3. The zero-order valence-electron chi connectivity index (χ0n) is 11.2. The van der Waals surface area contributed by atoms with Gasteiger partial charge >= 0.3 is 12.6 Å². The summed E-state index contributed by atoms with van der Waals surface area (Å²) >= 11 is 0. The molecule has 0 fully saturated rings. The Morgan fingerprint density at radius 1 is 1.29 bits per heavy atom. The Labute approximate surface area is 118 Å². The fraction of sp³-hybridized carbons (Fsp3) is 0.231. The van der Waals surface area contributed by atoms with Crippen LogP contribution >= 0.6 is 0 Å². The first-order valence-corrected chi connectivity index (χ1v) is 5.83.